The van der Waals surface area contributed by atoms with Crippen LogP contribution in [0.4, 0.5) is 0 Å². The van der Waals surface area contributed by atoms with Gasteiger partial charge in [-0.3, -0.25) is 4.79 Å². The number of rotatable bonds is 1. The van der Waals surface area contributed by atoms with E-state index in [1.807, 2.05) is 26.0 Å². The summed E-state index contributed by atoms with van der Waals surface area (Å²) in [6.07, 6.45) is 5.64. The van der Waals surface area contributed by atoms with Gasteiger partial charge in [0.1, 0.15) is 11.9 Å². The lowest BCUT2D eigenvalue weighted by atomic mass is 9.96. The summed E-state index contributed by atoms with van der Waals surface area (Å²) in [5, 5.41) is 0. The van der Waals surface area contributed by atoms with Crippen LogP contribution in [0.25, 0.3) is 6.08 Å². The summed E-state index contributed by atoms with van der Waals surface area (Å²) in [6.45, 7) is 5.20. The molecule has 0 amide bonds. The Morgan fingerprint density at radius 3 is 2.86 bits per heavy atom. The van der Waals surface area contributed by atoms with Crippen LogP contribution >= 0.6 is 0 Å². The zero-order chi connectivity index (χ0) is 15.9. The third kappa shape index (κ3) is 2.58. The van der Waals surface area contributed by atoms with Gasteiger partial charge in [-0.1, -0.05) is 0 Å². The number of fused-ring (bicyclic) bond motifs is 3. The number of esters is 2. The van der Waals surface area contributed by atoms with Gasteiger partial charge in [-0.15, -0.1) is 0 Å². The SMILES string of the molecule is CC(=O)O[C@@H]1CCC2=C[C@@H](OC2=O)c2c(C)coc2/C=C\1C. The van der Waals surface area contributed by atoms with E-state index in [1.54, 1.807) is 6.26 Å². The maximum atomic E-state index is 12.0. The van der Waals surface area contributed by atoms with Crippen LogP contribution in [0.2, 0.25) is 0 Å². The van der Waals surface area contributed by atoms with Gasteiger partial charge in [0.25, 0.3) is 0 Å². The average Bonchev–Trinajstić information content (AvgIpc) is 2.97. The molecule has 1 aliphatic heterocycles. The van der Waals surface area contributed by atoms with Gasteiger partial charge in [0, 0.05) is 18.1 Å². The highest BCUT2D eigenvalue weighted by Crippen LogP contribution is 2.37. The smallest absolute Gasteiger partial charge is 0.334 e. The molecule has 0 fully saturated rings. The molecule has 0 spiro atoms. The Morgan fingerprint density at radius 2 is 2.14 bits per heavy atom. The fourth-order valence-corrected chi connectivity index (χ4v) is 2.92. The van der Waals surface area contributed by atoms with Crippen molar-refractivity contribution in [3.63, 3.8) is 0 Å². The molecule has 2 aliphatic rings. The normalized spacial score (nSPS) is 26.4. The maximum absolute atomic E-state index is 12.0. The molecule has 0 radical (unpaired) electrons. The highest BCUT2D eigenvalue weighted by atomic mass is 16.6. The molecule has 1 aromatic rings. The molecule has 2 heterocycles. The Balaban J connectivity index is 2.06. The number of aryl methyl sites for hydroxylation is 1. The monoisotopic (exact) mass is 302 g/mol. The molecule has 0 saturated carbocycles. The highest BCUT2D eigenvalue weighted by Gasteiger charge is 2.32. The van der Waals surface area contributed by atoms with Crippen molar-refractivity contribution >= 4 is 18.0 Å². The molecule has 22 heavy (non-hydrogen) atoms. The molecule has 0 N–H and O–H groups in total. The van der Waals surface area contributed by atoms with Gasteiger partial charge in [0.05, 0.1) is 6.26 Å². The topological polar surface area (TPSA) is 65.7 Å². The van der Waals surface area contributed by atoms with E-state index in [0.717, 1.165) is 16.7 Å². The predicted molar refractivity (Wildman–Crippen MR) is 78.8 cm³/mol. The molecule has 2 bridgehead atoms. The minimum absolute atomic E-state index is 0.308. The first-order chi connectivity index (χ1) is 10.5. The summed E-state index contributed by atoms with van der Waals surface area (Å²) in [6, 6.07) is 0. The summed E-state index contributed by atoms with van der Waals surface area (Å²) in [4.78, 5) is 23.3. The summed E-state index contributed by atoms with van der Waals surface area (Å²) in [5.74, 6) is -0.00598. The van der Waals surface area contributed by atoms with Crippen molar-refractivity contribution < 1.29 is 23.5 Å². The van der Waals surface area contributed by atoms with Crippen LogP contribution in [0.1, 0.15) is 49.7 Å². The third-order valence-electron chi connectivity index (χ3n) is 4.04. The van der Waals surface area contributed by atoms with Gasteiger partial charge in [0.15, 0.2) is 6.10 Å². The summed E-state index contributed by atoms with van der Waals surface area (Å²) in [5.41, 5.74) is 3.30. The van der Waals surface area contributed by atoms with Gasteiger partial charge in [-0.2, -0.15) is 0 Å². The van der Waals surface area contributed by atoms with E-state index >= 15 is 0 Å². The van der Waals surface area contributed by atoms with Gasteiger partial charge < -0.3 is 13.9 Å². The van der Waals surface area contributed by atoms with E-state index < -0.39 is 6.10 Å². The zero-order valence-corrected chi connectivity index (χ0v) is 12.8. The molecule has 5 heteroatoms. The lowest BCUT2D eigenvalue weighted by Gasteiger charge is -2.18. The molecule has 5 nitrogen and oxygen atoms in total. The molecule has 2 atom stereocenters. The Labute approximate surface area is 128 Å². The van der Waals surface area contributed by atoms with Crippen molar-refractivity contribution in [2.75, 3.05) is 0 Å². The molecule has 0 unspecified atom stereocenters. The van der Waals surface area contributed by atoms with E-state index in [2.05, 4.69) is 0 Å². The first-order valence-electron chi connectivity index (χ1n) is 7.30. The molecular weight excluding hydrogens is 284 g/mol. The van der Waals surface area contributed by atoms with Crippen molar-refractivity contribution in [3.05, 3.63) is 40.4 Å². The second-order valence-corrected chi connectivity index (χ2v) is 5.74. The highest BCUT2D eigenvalue weighted by molar-refractivity contribution is 5.91. The Kier molecular flexibility index (Phi) is 3.64. The zero-order valence-electron chi connectivity index (χ0n) is 12.8. The van der Waals surface area contributed by atoms with E-state index in [9.17, 15) is 9.59 Å². The predicted octanol–water partition coefficient (Wildman–Crippen LogP) is 3.24. The van der Waals surface area contributed by atoms with Crippen molar-refractivity contribution in [2.24, 2.45) is 0 Å². The molecule has 1 aromatic heterocycles. The lowest BCUT2D eigenvalue weighted by molar-refractivity contribution is -0.144. The van der Waals surface area contributed by atoms with E-state index in [4.69, 9.17) is 13.9 Å². The van der Waals surface area contributed by atoms with Crippen molar-refractivity contribution in [1.29, 1.82) is 0 Å². The quantitative estimate of drug-likeness (QED) is 0.745. The van der Waals surface area contributed by atoms with Gasteiger partial charge in [0.2, 0.25) is 0 Å². The molecule has 0 saturated heterocycles. The maximum Gasteiger partial charge on any atom is 0.334 e. The van der Waals surface area contributed by atoms with Crippen LogP contribution in [0.15, 0.2) is 27.9 Å². The molecule has 116 valence electrons. The van der Waals surface area contributed by atoms with Gasteiger partial charge in [-0.25, -0.2) is 4.79 Å². The number of hydrogen-bond donors (Lipinski definition) is 0. The third-order valence-corrected chi connectivity index (χ3v) is 4.04. The average molecular weight is 302 g/mol. The number of carbonyl (C=O) groups excluding carboxylic acids is 2. The lowest BCUT2D eigenvalue weighted by Crippen LogP contribution is -2.18. The first kappa shape index (κ1) is 14.6. The second-order valence-electron chi connectivity index (χ2n) is 5.74. The van der Waals surface area contributed by atoms with Gasteiger partial charge >= 0.3 is 11.9 Å². The number of furan rings is 1. The fourth-order valence-electron chi connectivity index (χ4n) is 2.92. The van der Waals surface area contributed by atoms with Gasteiger partial charge in [-0.05, 0) is 50.0 Å². The van der Waals surface area contributed by atoms with Crippen LogP contribution in [0.5, 0.6) is 0 Å². The molecular formula is C17H18O5. The minimum atomic E-state index is -0.398. The fraction of sp³-hybridized carbons (Fsp3) is 0.412. The van der Waals surface area contributed by atoms with E-state index in [0.29, 0.717) is 24.2 Å². The number of hydrogen-bond acceptors (Lipinski definition) is 5. The number of carbonyl (C=O) groups is 2. The van der Waals surface area contributed by atoms with Crippen molar-refractivity contribution in [2.45, 2.75) is 45.8 Å². The van der Waals surface area contributed by atoms with Crippen molar-refractivity contribution in [1.82, 2.24) is 0 Å². The summed E-state index contributed by atoms with van der Waals surface area (Å²) < 4.78 is 16.4. The minimum Gasteiger partial charge on any atom is -0.464 e. The van der Waals surface area contributed by atoms with Crippen LogP contribution < -0.4 is 0 Å². The van der Waals surface area contributed by atoms with Crippen LogP contribution in [-0.2, 0) is 19.1 Å². The van der Waals surface area contributed by atoms with Crippen LogP contribution in [0, 0.1) is 6.92 Å². The largest absolute Gasteiger partial charge is 0.464 e. The van der Waals surface area contributed by atoms with Crippen LogP contribution in [0.3, 0.4) is 0 Å². The number of ether oxygens (including phenoxy) is 2. The van der Waals surface area contributed by atoms with E-state index in [1.165, 1.54) is 6.92 Å². The van der Waals surface area contributed by atoms with E-state index in [-0.39, 0.29) is 18.0 Å². The van der Waals surface area contributed by atoms with Crippen LogP contribution in [-0.4, -0.2) is 18.0 Å². The summed E-state index contributed by atoms with van der Waals surface area (Å²) >= 11 is 0. The Bertz CT molecular complexity index is 692. The molecule has 1 aliphatic carbocycles. The van der Waals surface area contributed by atoms with Crippen molar-refractivity contribution in [3.8, 4) is 0 Å². The molecule has 3 rings (SSSR count). The molecule has 0 aromatic carbocycles. The standard InChI is InChI=1S/C17H18O5/c1-9-6-14-16(10(2)8-20-14)15-7-12(17(19)22-15)4-5-13(9)21-11(3)18/h6-8,13,15H,4-5H2,1-3H3/b9-6-/t13-,15-/m1/s1. The second kappa shape index (κ2) is 5.48. The Morgan fingerprint density at radius 1 is 1.36 bits per heavy atom. The first-order valence-corrected chi connectivity index (χ1v) is 7.30. The Hall–Kier alpha value is -2.30. The summed E-state index contributed by atoms with van der Waals surface area (Å²) in [7, 11) is 0.